The zero-order chi connectivity index (χ0) is 12.3. The highest BCUT2D eigenvalue weighted by atomic mass is 35.5. The van der Waals surface area contributed by atoms with Gasteiger partial charge in [0.05, 0.1) is 6.20 Å². The number of alkyl halides is 1. The Morgan fingerprint density at radius 3 is 3.12 bits per heavy atom. The quantitative estimate of drug-likeness (QED) is 0.781. The Bertz CT molecular complexity index is 390. The number of amides is 1. The van der Waals surface area contributed by atoms with E-state index in [0.29, 0.717) is 17.2 Å². The molecule has 1 aliphatic rings. The second-order valence-corrected chi connectivity index (χ2v) is 4.80. The molecular weight excluding hydrogens is 240 g/mol. The van der Waals surface area contributed by atoms with E-state index in [1.807, 2.05) is 4.90 Å². The second-order valence-electron chi connectivity index (χ2n) is 4.42. The third-order valence-corrected chi connectivity index (χ3v) is 3.53. The molecule has 1 unspecified atom stereocenters. The summed E-state index contributed by atoms with van der Waals surface area (Å²) < 4.78 is 4.95. The summed E-state index contributed by atoms with van der Waals surface area (Å²) in [6.07, 6.45) is 5.65. The lowest BCUT2D eigenvalue weighted by Crippen LogP contribution is -2.44. The van der Waals surface area contributed by atoms with Gasteiger partial charge in [0.1, 0.15) is 11.3 Å². The molecule has 1 amide bonds. The van der Waals surface area contributed by atoms with Gasteiger partial charge in [-0.05, 0) is 32.6 Å². The van der Waals surface area contributed by atoms with Gasteiger partial charge >= 0.3 is 0 Å². The van der Waals surface area contributed by atoms with E-state index in [2.05, 4.69) is 5.16 Å². The topological polar surface area (TPSA) is 46.3 Å². The molecule has 17 heavy (non-hydrogen) atoms. The van der Waals surface area contributed by atoms with Crippen molar-refractivity contribution < 1.29 is 9.32 Å². The van der Waals surface area contributed by atoms with E-state index in [4.69, 9.17) is 16.1 Å². The van der Waals surface area contributed by atoms with Crippen LogP contribution in [0.1, 0.15) is 41.8 Å². The Labute approximate surface area is 106 Å². The SMILES string of the molecule is Cc1oncc1C(=O)N1CCCCC1CCCl. The molecule has 5 heteroatoms. The van der Waals surface area contributed by atoms with Crippen LogP contribution in [-0.4, -0.2) is 34.4 Å². The lowest BCUT2D eigenvalue weighted by molar-refractivity contribution is 0.0607. The number of hydrogen-bond acceptors (Lipinski definition) is 3. The average Bonchev–Trinajstić information content (AvgIpc) is 2.76. The van der Waals surface area contributed by atoms with Crippen molar-refractivity contribution in [2.45, 2.75) is 38.6 Å². The average molecular weight is 257 g/mol. The third kappa shape index (κ3) is 2.63. The van der Waals surface area contributed by atoms with E-state index < -0.39 is 0 Å². The Morgan fingerprint density at radius 2 is 2.47 bits per heavy atom. The predicted octanol–water partition coefficient (Wildman–Crippen LogP) is 2.61. The van der Waals surface area contributed by atoms with Crippen LogP contribution in [0.4, 0.5) is 0 Å². The second kappa shape index (κ2) is 5.54. The highest BCUT2D eigenvalue weighted by molar-refractivity contribution is 6.17. The number of piperidine rings is 1. The van der Waals surface area contributed by atoms with Gasteiger partial charge in [0.15, 0.2) is 0 Å². The fourth-order valence-corrected chi connectivity index (χ4v) is 2.60. The van der Waals surface area contributed by atoms with Gasteiger partial charge in [0, 0.05) is 18.5 Å². The minimum Gasteiger partial charge on any atom is -0.361 e. The third-order valence-electron chi connectivity index (χ3n) is 3.31. The molecule has 1 aromatic heterocycles. The van der Waals surface area contributed by atoms with E-state index in [9.17, 15) is 4.79 Å². The number of rotatable bonds is 3. The number of carbonyl (C=O) groups excluding carboxylic acids is 1. The molecule has 0 N–H and O–H groups in total. The van der Waals surface area contributed by atoms with E-state index in [0.717, 1.165) is 25.8 Å². The molecule has 1 atom stereocenters. The lowest BCUT2D eigenvalue weighted by atomic mass is 9.99. The Balaban J connectivity index is 2.14. The highest BCUT2D eigenvalue weighted by Gasteiger charge is 2.28. The van der Waals surface area contributed by atoms with Gasteiger partial charge in [0.25, 0.3) is 5.91 Å². The first kappa shape index (κ1) is 12.4. The number of aromatic nitrogens is 1. The summed E-state index contributed by atoms with van der Waals surface area (Å²) in [6, 6.07) is 0.267. The number of likely N-dealkylation sites (tertiary alicyclic amines) is 1. The Hall–Kier alpha value is -1.03. The van der Waals surface area contributed by atoms with Crippen molar-refractivity contribution in [2.24, 2.45) is 0 Å². The maximum Gasteiger partial charge on any atom is 0.259 e. The van der Waals surface area contributed by atoms with Crippen molar-refractivity contribution >= 4 is 17.5 Å². The van der Waals surface area contributed by atoms with Crippen LogP contribution in [0.5, 0.6) is 0 Å². The molecule has 0 aromatic carbocycles. The summed E-state index contributed by atoms with van der Waals surface area (Å²) in [6.45, 7) is 2.58. The maximum atomic E-state index is 12.3. The van der Waals surface area contributed by atoms with Crippen LogP contribution < -0.4 is 0 Å². The van der Waals surface area contributed by atoms with Crippen LogP contribution in [0.25, 0.3) is 0 Å². The molecule has 0 bridgehead atoms. The van der Waals surface area contributed by atoms with Gasteiger partial charge in [0.2, 0.25) is 0 Å². The fraction of sp³-hybridized carbons (Fsp3) is 0.667. The van der Waals surface area contributed by atoms with Crippen LogP contribution in [0.2, 0.25) is 0 Å². The summed E-state index contributed by atoms with van der Waals surface area (Å²) in [5.74, 6) is 1.21. The van der Waals surface area contributed by atoms with Gasteiger partial charge in [-0.2, -0.15) is 0 Å². The minimum atomic E-state index is 0.0265. The molecule has 94 valence electrons. The molecule has 4 nitrogen and oxygen atoms in total. The van der Waals surface area contributed by atoms with Crippen molar-refractivity contribution in [3.8, 4) is 0 Å². The number of halogens is 1. The van der Waals surface area contributed by atoms with Crippen molar-refractivity contribution in [3.63, 3.8) is 0 Å². The van der Waals surface area contributed by atoms with Crippen molar-refractivity contribution in [1.82, 2.24) is 10.1 Å². The number of hydrogen-bond donors (Lipinski definition) is 0. The molecule has 2 rings (SSSR count). The first-order valence-electron chi connectivity index (χ1n) is 6.02. The molecule has 0 aliphatic carbocycles. The molecule has 1 saturated heterocycles. The number of aryl methyl sites for hydroxylation is 1. The van der Waals surface area contributed by atoms with E-state index in [1.54, 1.807) is 6.92 Å². The molecule has 1 aliphatic heterocycles. The van der Waals surface area contributed by atoms with Crippen LogP contribution in [0.15, 0.2) is 10.7 Å². The van der Waals surface area contributed by atoms with Crippen LogP contribution >= 0.6 is 11.6 Å². The summed E-state index contributed by atoms with van der Waals surface area (Å²) >= 11 is 5.79. The van der Waals surface area contributed by atoms with Gasteiger partial charge in [-0.25, -0.2) is 0 Å². The zero-order valence-electron chi connectivity index (χ0n) is 9.99. The van der Waals surface area contributed by atoms with Crippen molar-refractivity contribution in [2.75, 3.05) is 12.4 Å². The molecule has 1 fully saturated rings. The number of nitrogens with zero attached hydrogens (tertiary/aromatic N) is 2. The lowest BCUT2D eigenvalue weighted by Gasteiger charge is -2.35. The van der Waals surface area contributed by atoms with Crippen LogP contribution in [-0.2, 0) is 0 Å². The largest absolute Gasteiger partial charge is 0.361 e. The van der Waals surface area contributed by atoms with Gasteiger partial charge in [-0.15, -0.1) is 11.6 Å². The first-order chi connectivity index (χ1) is 8.24. The number of carbonyl (C=O) groups is 1. The first-order valence-corrected chi connectivity index (χ1v) is 6.55. The van der Waals surface area contributed by atoms with Crippen molar-refractivity contribution in [3.05, 3.63) is 17.5 Å². The minimum absolute atomic E-state index is 0.0265. The molecule has 0 saturated carbocycles. The van der Waals surface area contributed by atoms with Crippen LogP contribution in [0, 0.1) is 6.92 Å². The molecular formula is C12H17ClN2O2. The summed E-state index contributed by atoms with van der Waals surface area (Å²) in [5.41, 5.74) is 0.575. The molecule has 0 spiro atoms. The highest BCUT2D eigenvalue weighted by Crippen LogP contribution is 2.23. The summed E-state index contributed by atoms with van der Waals surface area (Å²) in [7, 11) is 0. The fourth-order valence-electron chi connectivity index (χ4n) is 2.35. The van der Waals surface area contributed by atoms with Crippen molar-refractivity contribution in [1.29, 1.82) is 0 Å². The standard InChI is InChI=1S/C12H17ClN2O2/c1-9-11(8-14-17-9)12(16)15-7-3-2-4-10(15)5-6-13/h8,10H,2-7H2,1H3. The van der Waals surface area contributed by atoms with E-state index in [-0.39, 0.29) is 11.9 Å². The van der Waals surface area contributed by atoms with E-state index >= 15 is 0 Å². The zero-order valence-corrected chi connectivity index (χ0v) is 10.7. The smallest absolute Gasteiger partial charge is 0.259 e. The van der Waals surface area contributed by atoms with Crippen LogP contribution in [0.3, 0.4) is 0 Å². The van der Waals surface area contributed by atoms with Gasteiger partial charge in [-0.3, -0.25) is 4.79 Å². The van der Waals surface area contributed by atoms with E-state index in [1.165, 1.54) is 12.6 Å². The van der Waals surface area contributed by atoms with Gasteiger partial charge in [-0.1, -0.05) is 5.16 Å². The summed E-state index contributed by atoms with van der Waals surface area (Å²) in [4.78, 5) is 14.3. The molecule has 0 radical (unpaired) electrons. The monoisotopic (exact) mass is 256 g/mol. The maximum absolute atomic E-state index is 12.3. The Morgan fingerprint density at radius 1 is 1.65 bits per heavy atom. The summed E-state index contributed by atoms with van der Waals surface area (Å²) in [5, 5.41) is 3.66. The van der Waals surface area contributed by atoms with Gasteiger partial charge < -0.3 is 9.42 Å². The molecule has 2 heterocycles. The normalized spacial score (nSPS) is 20.6. The predicted molar refractivity (Wildman–Crippen MR) is 65.3 cm³/mol. The molecule has 1 aromatic rings. The Kier molecular flexibility index (Phi) is 4.05.